The van der Waals surface area contributed by atoms with Crippen molar-refractivity contribution in [3.05, 3.63) is 0 Å². The van der Waals surface area contributed by atoms with Crippen LogP contribution in [0.3, 0.4) is 0 Å². The molecule has 7 fully saturated rings. The molecule has 7 aliphatic rings. The molecule has 1 aliphatic heterocycles. The molecule has 12 atom stereocenters. The van der Waals surface area contributed by atoms with Crippen LogP contribution in [0.5, 0.6) is 0 Å². The third-order valence-electron chi connectivity index (χ3n) is 21.7. The second-order valence-corrected chi connectivity index (χ2v) is 29.1. The molecule has 0 aromatic carbocycles. The van der Waals surface area contributed by atoms with Crippen molar-refractivity contribution in [3.63, 3.8) is 0 Å². The zero-order valence-corrected chi connectivity index (χ0v) is 52.3. The van der Waals surface area contributed by atoms with Gasteiger partial charge >= 0.3 is 5.97 Å². The molecule has 0 spiro atoms. The Morgan fingerprint density at radius 3 is 0.949 bits per heavy atom. The number of unbranched alkanes of at least 4 members (excludes halogenated alkanes) is 21. The summed E-state index contributed by atoms with van der Waals surface area (Å²) >= 11 is 0. The first-order chi connectivity index (χ1) is 38.5. The normalized spacial score (nSPS) is 29.5. The van der Waals surface area contributed by atoms with Crippen molar-refractivity contribution in [3.8, 4) is 0 Å². The first-order valence-corrected chi connectivity index (χ1v) is 36.1. The molecule has 6 aliphatic carbocycles. The van der Waals surface area contributed by atoms with Crippen LogP contribution < -0.4 is 0 Å². The van der Waals surface area contributed by atoms with Crippen LogP contribution in [-0.4, -0.2) is 76.8 Å². The molecule has 0 amide bonds. The minimum Gasteiger partial charge on any atom is -0.465 e. The summed E-state index contributed by atoms with van der Waals surface area (Å²) in [5.41, 5.74) is -0.480. The lowest BCUT2D eigenvalue weighted by molar-refractivity contribution is -0.156. The fraction of sp³-hybridized carbons (Fsp3) is 0.986. The van der Waals surface area contributed by atoms with Crippen LogP contribution >= 0.6 is 0 Å². The zero-order valence-electron chi connectivity index (χ0n) is 52.3. The lowest BCUT2D eigenvalue weighted by Crippen LogP contribution is -2.42. The number of hydrogen-bond donors (Lipinski definition) is 0. The van der Waals surface area contributed by atoms with E-state index in [-0.39, 0.29) is 5.97 Å². The highest BCUT2D eigenvalue weighted by Gasteiger charge is 2.47. The van der Waals surface area contributed by atoms with Crippen LogP contribution in [0.25, 0.3) is 0 Å². The molecular formula is C72H131NO5. The standard InChI is InChI=1S/C72H131NO5/c1-4-7-22-33-59-46-65(59)52-68-49-62(68)36-25-16-10-13-19-30-43-75-55-72(58-78-71(74)39-42-73-40-28-29-41-73,56-76-44-31-20-14-11-17-26-37-63-50-69(63)53-66-47-60(66)34-23-8-5-2)57-77-45-32-21-15-12-18-27-38-64-51-70(64)54-67-48-61(67)35-24-9-6-3/h59-70H,4-58H2,1-3H3. The number of nitrogens with zero attached hydrogens (tertiary/aromatic N) is 1. The van der Waals surface area contributed by atoms with Gasteiger partial charge in [-0.25, -0.2) is 0 Å². The number of carbonyl (C=O) groups is 1. The highest BCUT2D eigenvalue weighted by Crippen LogP contribution is 2.57. The summed E-state index contributed by atoms with van der Waals surface area (Å²) in [6.45, 7) is 14.2. The predicted octanol–water partition coefficient (Wildman–Crippen LogP) is 20.0. The lowest BCUT2D eigenvalue weighted by Gasteiger charge is -2.33. The molecule has 1 saturated heterocycles. The first-order valence-electron chi connectivity index (χ1n) is 36.1. The van der Waals surface area contributed by atoms with Gasteiger partial charge in [-0.15, -0.1) is 0 Å². The Morgan fingerprint density at radius 2 is 0.641 bits per heavy atom. The third kappa shape index (κ3) is 27.8. The summed E-state index contributed by atoms with van der Waals surface area (Å²) in [5, 5.41) is 0. The molecular weight excluding hydrogens is 959 g/mol. The number of ether oxygens (including phenoxy) is 4. The number of likely N-dealkylation sites (tertiary alicyclic amines) is 1. The van der Waals surface area contributed by atoms with E-state index < -0.39 is 5.41 Å². The molecule has 6 saturated carbocycles. The Kier molecular flexibility index (Phi) is 31.8. The molecule has 78 heavy (non-hydrogen) atoms. The minimum absolute atomic E-state index is 0.0871. The van der Waals surface area contributed by atoms with E-state index in [4.69, 9.17) is 18.9 Å². The van der Waals surface area contributed by atoms with Gasteiger partial charge in [0.2, 0.25) is 0 Å². The van der Waals surface area contributed by atoms with Gasteiger partial charge in [0.1, 0.15) is 6.61 Å². The van der Waals surface area contributed by atoms with Gasteiger partial charge in [-0.05, 0) is 174 Å². The number of hydrogen-bond acceptors (Lipinski definition) is 6. The quantitative estimate of drug-likeness (QED) is 0.0447. The Bertz CT molecular complexity index is 1370. The smallest absolute Gasteiger partial charge is 0.307 e. The monoisotopic (exact) mass is 1090 g/mol. The van der Waals surface area contributed by atoms with Crippen molar-refractivity contribution in [1.82, 2.24) is 4.90 Å². The SMILES string of the molecule is CCCCCC1CC1CC1CC1CCCCCCCCOCC(COCCCCCCCCC1CC1CC1CC1CCCCC)(COCCCCCCCCC1CC1CC1CC1CCCCC)COC(=O)CCN1CCCC1. The van der Waals surface area contributed by atoms with Crippen LogP contribution in [0.15, 0.2) is 0 Å². The molecule has 0 bridgehead atoms. The molecule has 1 heterocycles. The van der Waals surface area contributed by atoms with Crippen molar-refractivity contribution in [1.29, 1.82) is 0 Å². The van der Waals surface area contributed by atoms with Crippen LogP contribution in [0.1, 0.15) is 310 Å². The second-order valence-electron chi connectivity index (χ2n) is 29.1. The average molecular weight is 1090 g/mol. The van der Waals surface area contributed by atoms with E-state index in [2.05, 4.69) is 25.7 Å². The van der Waals surface area contributed by atoms with Crippen molar-refractivity contribution >= 4 is 5.97 Å². The predicted molar refractivity (Wildman–Crippen MR) is 329 cm³/mol. The van der Waals surface area contributed by atoms with Crippen LogP contribution in [0, 0.1) is 76.4 Å². The van der Waals surface area contributed by atoms with E-state index in [9.17, 15) is 4.79 Å². The van der Waals surface area contributed by atoms with Gasteiger partial charge in [0, 0.05) is 26.4 Å². The Morgan fingerprint density at radius 1 is 0.359 bits per heavy atom. The molecule has 6 heteroatoms. The van der Waals surface area contributed by atoms with E-state index in [1.165, 1.54) is 225 Å². The summed E-state index contributed by atoms with van der Waals surface area (Å²) in [6, 6.07) is 0. The number of esters is 1. The van der Waals surface area contributed by atoms with E-state index in [1.807, 2.05) is 0 Å². The van der Waals surface area contributed by atoms with Crippen LogP contribution in [0.2, 0.25) is 0 Å². The summed E-state index contributed by atoms with van der Waals surface area (Å²) in [4.78, 5) is 15.7. The number of rotatable bonds is 56. The molecule has 0 radical (unpaired) electrons. The largest absolute Gasteiger partial charge is 0.465 e. The minimum atomic E-state index is -0.480. The summed E-state index contributed by atoms with van der Waals surface area (Å²) in [5.74, 6) is 12.9. The Balaban J connectivity index is 0.758. The highest BCUT2D eigenvalue weighted by molar-refractivity contribution is 5.69. The van der Waals surface area contributed by atoms with Crippen LogP contribution in [0.4, 0.5) is 0 Å². The maximum Gasteiger partial charge on any atom is 0.307 e. The van der Waals surface area contributed by atoms with E-state index in [0.717, 1.165) is 130 Å². The Labute approximate surface area is 484 Å². The average Bonchev–Trinajstić information content (AvgIpc) is 4.13. The fourth-order valence-electron chi connectivity index (χ4n) is 15.5. The van der Waals surface area contributed by atoms with Crippen molar-refractivity contribution < 1.29 is 23.7 Å². The number of carbonyl (C=O) groups excluding carboxylic acids is 1. The topological polar surface area (TPSA) is 57.2 Å². The van der Waals surface area contributed by atoms with E-state index in [1.54, 1.807) is 38.5 Å². The molecule has 0 N–H and O–H groups in total. The van der Waals surface area contributed by atoms with Gasteiger partial charge in [0.25, 0.3) is 0 Å². The van der Waals surface area contributed by atoms with Gasteiger partial charge in [-0.1, -0.05) is 213 Å². The molecule has 6 nitrogen and oxygen atoms in total. The lowest BCUT2D eigenvalue weighted by atomic mass is 9.92. The highest BCUT2D eigenvalue weighted by atomic mass is 16.5. The molecule has 12 unspecified atom stereocenters. The molecule has 0 aromatic heterocycles. The second kappa shape index (κ2) is 38.3. The third-order valence-corrected chi connectivity index (χ3v) is 21.7. The first kappa shape index (κ1) is 64.9. The van der Waals surface area contributed by atoms with Crippen molar-refractivity contribution in [2.45, 2.75) is 310 Å². The van der Waals surface area contributed by atoms with Crippen molar-refractivity contribution in [2.24, 2.45) is 76.4 Å². The maximum absolute atomic E-state index is 13.3. The summed E-state index contributed by atoms with van der Waals surface area (Å²) in [7, 11) is 0. The fourth-order valence-corrected chi connectivity index (χ4v) is 15.5. The van der Waals surface area contributed by atoms with Gasteiger partial charge in [-0.3, -0.25) is 4.79 Å². The van der Waals surface area contributed by atoms with Gasteiger partial charge < -0.3 is 23.8 Å². The van der Waals surface area contributed by atoms with Crippen LogP contribution in [-0.2, 0) is 23.7 Å². The summed E-state index contributed by atoms with van der Waals surface area (Å²) < 4.78 is 25.9. The maximum atomic E-state index is 13.3. The molecule has 7 rings (SSSR count). The zero-order chi connectivity index (χ0) is 54.3. The van der Waals surface area contributed by atoms with Crippen molar-refractivity contribution in [2.75, 3.05) is 65.9 Å². The van der Waals surface area contributed by atoms with Gasteiger partial charge in [-0.2, -0.15) is 0 Å². The van der Waals surface area contributed by atoms with Gasteiger partial charge in [0.15, 0.2) is 0 Å². The molecule has 454 valence electrons. The summed E-state index contributed by atoms with van der Waals surface area (Å²) in [6.07, 6.45) is 62.2. The van der Waals surface area contributed by atoms with Gasteiger partial charge in [0.05, 0.1) is 31.7 Å². The Hall–Kier alpha value is -0.690. The van der Waals surface area contributed by atoms with E-state index in [0.29, 0.717) is 32.8 Å². The van der Waals surface area contributed by atoms with E-state index >= 15 is 0 Å². The molecule has 0 aromatic rings.